The van der Waals surface area contributed by atoms with Gasteiger partial charge in [0, 0.05) is 12.1 Å². The molecular weight excluding hydrogens is 186 g/mol. The Morgan fingerprint density at radius 2 is 1.80 bits per heavy atom. The van der Waals surface area contributed by atoms with Crippen LogP contribution in [0.1, 0.15) is 47.0 Å². The maximum atomic E-state index is 10.0. The molecular formula is C13H27NO. The van der Waals surface area contributed by atoms with Crippen LogP contribution in [0.15, 0.2) is 0 Å². The second-order valence-corrected chi connectivity index (χ2v) is 5.70. The van der Waals surface area contributed by atoms with Gasteiger partial charge in [0.25, 0.3) is 0 Å². The van der Waals surface area contributed by atoms with E-state index >= 15 is 0 Å². The van der Waals surface area contributed by atoms with Crippen LogP contribution in [0.25, 0.3) is 0 Å². The predicted octanol–water partition coefficient (Wildman–Crippen LogP) is 2.51. The van der Waals surface area contributed by atoms with Crippen LogP contribution in [-0.2, 0) is 0 Å². The van der Waals surface area contributed by atoms with Gasteiger partial charge in [0.05, 0.1) is 6.10 Å². The van der Waals surface area contributed by atoms with Crippen molar-refractivity contribution in [2.75, 3.05) is 7.05 Å². The highest BCUT2D eigenvalue weighted by molar-refractivity contribution is 4.86. The third-order valence-electron chi connectivity index (χ3n) is 4.17. The summed E-state index contributed by atoms with van der Waals surface area (Å²) in [6.07, 6.45) is 3.18. The zero-order valence-electron chi connectivity index (χ0n) is 10.9. The molecule has 0 aromatic rings. The summed E-state index contributed by atoms with van der Waals surface area (Å²) in [5.74, 6) is 1.42. The Morgan fingerprint density at radius 3 is 2.33 bits per heavy atom. The van der Waals surface area contributed by atoms with Gasteiger partial charge in [-0.25, -0.2) is 0 Å². The Hall–Kier alpha value is -0.0800. The molecule has 1 N–H and O–H groups in total. The van der Waals surface area contributed by atoms with Crippen LogP contribution in [0.3, 0.4) is 0 Å². The van der Waals surface area contributed by atoms with E-state index in [1.165, 1.54) is 6.42 Å². The van der Waals surface area contributed by atoms with Gasteiger partial charge in [-0.3, -0.25) is 4.90 Å². The molecule has 0 radical (unpaired) electrons. The van der Waals surface area contributed by atoms with Gasteiger partial charge in [-0.1, -0.05) is 20.8 Å². The minimum Gasteiger partial charge on any atom is -0.391 e. The Kier molecular flexibility index (Phi) is 4.60. The quantitative estimate of drug-likeness (QED) is 0.778. The second kappa shape index (κ2) is 5.31. The van der Waals surface area contributed by atoms with Crippen molar-refractivity contribution >= 4 is 0 Å². The average molecular weight is 213 g/mol. The maximum Gasteiger partial charge on any atom is 0.0695 e. The highest BCUT2D eigenvalue weighted by Crippen LogP contribution is 2.29. The maximum absolute atomic E-state index is 10.0. The van der Waals surface area contributed by atoms with Crippen molar-refractivity contribution in [2.24, 2.45) is 11.8 Å². The number of nitrogens with zero attached hydrogens (tertiary/aromatic N) is 1. The van der Waals surface area contributed by atoms with Crippen molar-refractivity contribution in [1.29, 1.82) is 0 Å². The van der Waals surface area contributed by atoms with Crippen LogP contribution >= 0.6 is 0 Å². The van der Waals surface area contributed by atoms with Gasteiger partial charge in [0.15, 0.2) is 0 Å². The van der Waals surface area contributed by atoms with Crippen molar-refractivity contribution in [3.8, 4) is 0 Å². The molecule has 2 nitrogen and oxygen atoms in total. The highest BCUT2D eigenvalue weighted by atomic mass is 16.3. The first kappa shape index (κ1) is 13.0. The van der Waals surface area contributed by atoms with Gasteiger partial charge < -0.3 is 5.11 Å². The smallest absolute Gasteiger partial charge is 0.0695 e. The molecule has 0 aromatic heterocycles. The Labute approximate surface area is 94.7 Å². The molecule has 0 bridgehead atoms. The molecule has 0 aromatic carbocycles. The number of likely N-dealkylation sites (N-methyl/N-ethyl adjacent to an activating group) is 1. The zero-order chi connectivity index (χ0) is 11.6. The first-order valence-electron chi connectivity index (χ1n) is 6.33. The summed E-state index contributed by atoms with van der Waals surface area (Å²) in [5, 5.41) is 10.0. The van der Waals surface area contributed by atoms with Gasteiger partial charge in [-0.2, -0.15) is 0 Å². The zero-order valence-corrected chi connectivity index (χ0v) is 10.9. The molecule has 4 atom stereocenters. The van der Waals surface area contributed by atoms with Crippen molar-refractivity contribution in [3.05, 3.63) is 0 Å². The van der Waals surface area contributed by atoms with Gasteiger partial charge >= 0.3 is 0 Å². The fourth-order valence-corrected chi connectivity index (χ4v) is 2.54. The molecule has 0 saturated heterocycles. The van der Waals surface area contributed by atoms with E-state index in [4.69, 9.17) is 0 Å². The SMILES string of the molecule is CC1CCC(O)C(N(C)C(C)C(C)C)C1. The third-order valence-corrected chi connectivity index (χ3v) is 4.17. The van der Waals surface area contributed by atoms with Crippen LogP contribution in [-0.4, -0.2) is 35.2 Å². The topological polar surface area (TPSA) is 23.5 Å². The van der Waals surface area contributed by atoms with E-state index in [1.807, 2.05) is 0 Å². The molecule has 1 saturated carbocycles. The average Bonchev–Trinajstić information content (AvgIpc) is 2.19. The number of hydrogen-bond acceptors (Lipinski definition) is 2. The summed E-state index contributed by atoms with van der Waals surface area (Å²) >= 11 is 0. The van der Waals surface area contributed by atoms with Crippen molar-refractivity contribution in [1.82, 2.24) is 4.90 Å². The van der Waals surface area contributed by atoms with Crippen LogP contribution in [0.4, 0.5) is 0 Å². The normalized spacial score (nSPS) is 34.8. The number of rotatable bonds is 3. The summed E-state index contributed by atoms with van der Waals surface area (Å²) < 4.78 is 0. The Morgan fingerprint density at radius 1 is 1.20 bits per heavy atom. The van der Waals surface area contributed by atoms with E-state index in [1.54, 1.807) is 0 Å². The standard InChI is InChI=1S/C13H27NO/c1-9(2)11(4)14(5)12-8-10(3)6-7-13(12)15/h9-13,15H,6-8H2,1-5H3. The lowest BCUT2D eigenvalue weighted by Crippen LogP contribution is -2.50. The molecule has 4 unspecified atom stereocenters. The van der Waals surface area contributed by atoms with E-state index in [0.717, 1.165) is 18.8 Å². The van der Waals surface area contributed by atoms with E-state index < -0.39 is 0 Å². The molecule has 15 heavy (non-hydrogen) atoms. The highest BCUT2D eigenvalue weighted by Gasteiger charge is 2.32. The summed E-state index contributed by atoms with van der Waals surface area (Å²) in [6, 6.07) is 0.918. The van der Waals surface area contributed by atoms with Gasteiger partial charge in [-0.15, -0.1) is 0 Å². The lowest BCUT2D eigenvalue weighted by atomic mass is 9.83. The van der Waals surface area contributed by atoms with E-state index in [-0.39, 0.29) is 6.10 Å². The molecule has 2 heteroatoms. The first-order valence-corrected chi connectivity index (χ1v) is 6.33. The molecule has 1 rings (SSSR count). The number of aliphatic hydroxyl groups is 1. The fraction of sp³-hybridized carbons (Fsp3) is 1.00. The number of aliphatic hydroxyl groups excluding tert-OH is 1. The predicted molar refractivity (Wildman–Crippen MR) is 64.9 cm³/mol. The molecule has 1 aliphatic rings. The monoisotopic (exact) mass is 213 g/mol. The molecule has 90 valence electrons. The molecule has 0 heterocycles. The lowest BCUT2D eigenvalue weighted by molar-refractivity contribution is -0.00572. The minimum absolute atomic E-state index is 0.118. The molecule has 0 spiro atoms. The van der Waals surface area contributed by atoms with Crippen molar-refractivity contribution in [3.63, 3.8) is 0 Å². The van der Waals surface area contributed by atoms with Crippen molar-refractivity contribution in [2.45, 2.75) is 65.1 Å². The Balaban J connectivity index is 2.60. The molecule has 1 aliphatic carbocycles. The molecule has 1 fully saturated rings. The summed E-state index contributed by atoms with van der Waals surface area (Å²) in [7, 11) is 2.16. The second-order valence-electron chi connectivity index (χ2n) is 5.70. The van der Waals surface area contributed by atoms with Gasteiger partial charge in [0.2, 0.25) is 0 Å². The van der Waals surface area contributed by atoms with Crippen molar-refractivity contribution < 1.29 is 5.11 Å². The molecule has 0 amide bonds. The minimum atomic E-state index is -0.118. The molecule has 0 aliphatic heterocycles. The van der Waals surface area contributed by atoms with Crippen LogP contribution < -0.4 is 0 Å². The van der Waals surface area contributed by atoms with E-state index in [0.29, 0.717) is 18.0 Å². The van der Waals surface area contributed by atoms with Crippen LogP contribution in [0, 0.1) is 11.8 Å². The van der Waals surface area contributed by atoms with Gasteiger partial charge in [-0.05, 0) is 45.1 Å². The van der Waals surface area contributed by atoms with E-state index in [2.05, 4.69) is 39.6 Å². The summed E-state index contributed by atoms with van der Waals surface area (Å²) in [4.78, 5) is 2.38. The largest absolute Gasteiger partial charge is 0.391 e. The van der Waals surface area contributed by atoms with Crippen LogP contribution in [0.5, 0.6) is 0 Å². The summed E-state index contributed by atoms with van der Waals surface area (Å²) in [6.45, 7) is 9.06. The third kappa shape index (κ3) is 3.18. The first-order chi connectivity index (χ1) is 6.93. The van der Waals surface area contributed by atoms with Crippen LogP contribution in [0.2, 0.25) is 0 Å². The fourth-order valence-electron chi connectivity index (χ4n) is 2.54. The van der Waals surface area contributed by atoms with E-state index in [9.17, 15) is 5.11 Å². The Bertz CT molecular complexity index is 193. The summed E-state index contributed by atoms with van der Waals surface area (Å²) in [5.41, 5.74) is 0. The van der Waals surface area contributed by atoms with Gasteiger partial charge in [0.1, 0.15) is 0 Å². The lowest BCUT2D eigenvalue weighted by Gasteiger charge is -2.42. The number of hydrogen-bond donors (Lipinski definition) is 1.